The summed E-state index contributed by atoms with van der Waals surface area (Å²) in [6.45, 7) is -0.400. The third-order valence-electron chi connectivity index (χ3n) is 4.95. The van der Waals surface area contributed by atoms with Gasteiger partial charge in [-0.15, -0.1) is 0 Å². The molecule has 5 N–H and O–H groups in total. The molecule has 2 aromatic rings. The molecule has 6 atom stereocenters. The molecular weight excluding hydrogens is 330 g/mol. The van der Waals surface area contributed by atoms with E-state index in [0.29, 0.717) is 17.0 Å². The van der Waals surface area contributed by atoms with Crippen molar-refractivity contribution in [2.75, 3.05) is 11.9 Å². The summed E-state index contributed by atoms with van der Waals surface area (Å²) in [6, 6.07) is -0.0860. The van der Waals surface area contributed by atoms with E-state index in [1.807, 2.05) is 0 Å². The van der Waals surface area contributed by atoms with Crippen LogP contribution in [0.25, 0.3) is 11.2 Å². The molecule has 1 saturated heterocycles. The summed E-state index contributed by atoms with van der Waals surface area (Å²) in [7, 11) is 0. The highest BCUT2D eigenvalue weighted by Gasteiger charge is 2.44. The fraction of sp³-hybridized carbons (Fsp3) is 0.667. The van der Waals surface area contributed by atoms with Gasteiger partial charge < -0.3 is 30.5 Å². The van der Waals surface area contributed by atoms with Gasteiger partial charge in [0, 0.05) is 0 Å². The zero-order chi connectivity index (χ0) is 17.6. The van der Waals surface area contributed by atoms with Crippen molar-refractivity contribution in [1.82, 2.24) is 19.5 Å². The largest absolute Gasteiger partial charge is 0.394 e. The number of hydrogen-bond donors (Lipinski definition) is 5. The van der Waals surface area contributed by atoms with Gasteiger partial charge in [0.2, 0.25) is 0 Å². The number of aliphatic hydroxyl groups excluding tert-OH is 4. The molecule has 3 heterocycles. The second kappa shape index (κ2) is 6.46. The van der Waals surface area contributed by atoms with Gasteiger partial charge in [0.05, 0.1) is 25.1 Å². The smallest absolute Gasteiger partial charge is 0.167 e. The minimum atomic E-state index is -1.21. The van der Waals surface area contributed by atoms with Gasteiger partial charge in [-0.3, -0.25) is 4.57 Å². The van der Waals surface area contributed by atoms with E-state index in [-0.39, 0.29) is 6.04 Å². The Labute approximate surface area is 143 Å². The maximum Gasteiger partial charge on any atom is 0.167 e. The van der Waals surface area contributed by atoms with Crippen molar-refractivity contribution >= 4 is 17.0 Å². The normalized spacial score (nSPS) is 35.5. The SMILES string of the molecule is OC[C@H]1O[C@@H](n2cnc3c(N[C@H]4CCC[C@H]4O)ncnc32)[C@H](O)[C@@H]1O. The molecule has 2 aromatic heterocycles. The van der Waals surface area contributed by atoms with Crippen molar-refractivity contribution in [2.24, 2.45) is 0 Å². The second-order valence-electron chi connectivity index (χ2n) is 6.52. The highest BCUT2D eigenvalue weighted by molar-refractivity contribution is 5.82. The van der Waals surface area contributed by atoms with Crippen LogP contribution >= 0.6 is 0 Å². The van der Waals surface area contributed by atoms with Crippen molar-refractivity contribution in [1.29, 1.82) is 0 Å². The Morgan fingerprint density at radius 2 is 2.00 bits per heavy atom. The number of nitrogens with zero attached hydrogens (tertiary/aromatic N) is 4. The Bertz CT molecular complexity index is 755. The van der Waals surface area contributed by atoms with Crippen molar-refractivity contribution < 1.29 is 25.2 Å². The van der Waals surface area contributed by atoms with E-state index in [4.69, 9.17) is 4.74 Å². The first-order chi connectivity index (χ1) is 12.1. The van der Waals surface area contributed by atoms with Crippen LogP contribution in [-0.4, -0.2) is 77.0 Å². The molecule has 4 rings (SSSR count). The van der Waals surface area contributed by atoms with Crippen LogP contribution in [0.1, 0.15) is 25.5 Å². The van der Waals surface area contributed by atoms with E-state index in [1.165, 1.54) is 17.2 Å². The van der Waals surface area contributed by atoms with Crippen LogP contribution in [-0.2, 0) is 4.74 Å². The predicted molar refractivity (Wildman–Crippen MR) is 85.6 cm³/mol. The molecule has 10 nitrogen and oxygen atoms in total. The first kappa shape index (κ1) is 16.6. The Balaban J connectivity index is 1.65. The summed E-state index contributed by atoms with van der Waals surface area (Å²) >= 11 is 0. The third-order valence-corrected chi connectivity index (χ3v) is 4.95. The van der Waals surface area contributed by atoms with Crippen molar-refractivity contribution in [3.05, 3.63) is 12.7 Å². The zero-order valence-electron chi connectivity index (χ0n) is 13.4. The molecule has 0 unspecified atom stereocenters. The molecule has 136 valence electrons. The maximum absolute atomic E-state index is 10.2. The van der Waals surface area contributed by atoms with Gasteiger partial charge in [-0.25, -0.2) is 15.0 Å². The minimum Gasteiger partial charge on any atom is -0.394 e. The molecule has 0 spiro atoms. The monoisotopic (exact) mass is 351 g/mol. The first-order valence-corrected chi connectivity index (χ1v) is 8.34. The van der Waals surface area contributed by atoms with E-state index in [2.05, 4.69) is 20.3 Å². The second-order valence-corrected chi connectivity index (χ2v) is 6.52. The Hall–Kier alpha value is -1.85. The Morgan fingerprint density at radius 1 is 1.16 bits per heavy atom. The van der Waals surface area contributed by atoms with Crippen LogP contribution in [0.3, 0.4) is 0 Å². The standard InChI is InChI=1S/C15H21N5O5/c21-4-9-11(23)12(24)15(25-9)20-6-18-10-13(16-5-17-14(10)20)19-7-2-1-3-8(7)22/h5-9,11-12,15,21-24H,1-4H2,(H,16,17,19)/t7-,8+,9+,11+,12+,15+/m0/s1. The molecule has 0 amide bonds. The molecule has 1 saturated carbocycles. The summed E-state index contributed by atoms with van der Waals surface area (Å²) in [5, 5.41) is 42.6. The lowest BCUT2D eigenvalue weighted by molar-refractivity contribution is -0.0511. The van der Waals surface area contributed by atoms with E-state index in [1.54, 1.807) is 0 Å². The summed E-state index contributed by atoms with van der Waals surface area (Å²) < 4.78 is 7.04. The maximum atomic E-state index is 10.2. The molecule has 0 radical (unpaired) electrons. The van der Waals surface area contributed by atoms with E-state index >= 15 is 0 Å². The first-order valence-electron chi connectivity index (χ1n) is 8.34. The van der Waals surface area contributed by atoms with Gasteiger partial charge in [0.1, 0.15) is 24.6 Å². The number of imidazole rings is 1. The van der Waals surface area contributed by atoms with Gasteiger partial charge in [0.25, 0.3) is 0 Å². The lowest BCUT2D eigenvalue weighted by Gasteiger charge is -2.18. The number of anilines is 1. The Morgan fingerprint density at radius 3 is 2.68 bits per heavy atom. The fourth-order valence-electron chi connectivity index (χ4n) is 3.54. The number of hydrogen-bond acceptors (Lipinski definition) is 9. The highest BCUT2D eigenvalue weighted by Crippen LogP contribution is 2.32. The van der Waals surface area contributed by atoms with E-state index in [0.717, 1.165) is 19.3 Å². The molecule has 0 bridgehead atoms. The molecule has 10 heteroatoms. The summed E-state index contributed by atoms with van der Waals surface area (Å²) in [6.07, 6.45) is 0.768. The lowest BCUT2D eigenvalue weighted by atomic mass is 10.1. The van der Waals surface area contributed by atoms with Crippen molar-refractivity contribution in [3.8, 4) is 0 Å². The van der Waals surface area contributed by atoms with Gasteiger partial charge in [0.15, 0.2) is 23.2 Å². The molecule has 0 aromatic carbocycles. The van der Waals surface area contributed by atoms with E-state index in [9.17, 15) is 20.4 Å². The number of aromatic nitrogens is 4. The third kappa shape index (κ3) is 2.75. The number of nitrogens with one attached hydrogen (secondary N) is 1. The van der Waals surface area contributed by atoms with Crippen LogP contribution in [0.5, 0.6) is 0 Å². The number of ether oxygens (including phenoxy) is 1. The van der Waals surface area contributed by atoms with Gasteiger partial charge in [-0.1, -0.05) is 0 Å². The number of aliphatic hydroxyl groups is 4. The van der Waals surface area contributed by atoms with E-state index < -0.39 is 37.3 Å². The van der Waals surface area contributed by atoms with Crippen LogP contribution in [0.2, 0.25) is 0 Å². The molecular formula is C15H21N5O5. The zero-order valence-corrected chi connectivity index (χ0v) is 13.4. The quantitative estimate of drug-likeness (QED) is 0.456. The van der Waals surface area contributed by atoms with Crippen LogP contribution in [0, 0.1) is 0 Å². The van der Waals surface area contributed by atoms with Crippen LogP contribution in [0.15, 0.2) is 12.7 Å². The average Bonchev–Trinajstić information content (AvgIpc) is 3.29. The van der Waals surface area contributed by atoms with Gasteiger partial charge in [-0.05, 0) is 19.3 Å². The fourth-order valence-corrected chi connectivity index (χ4v) is 3.54. The van der Waals surface area contributed by atoms with Crippen molar-refractivity contribution in [2.45, 2.75) is 55.9 Å². The predicted octanol–water partition coefficient (Wildman–Crippen LogP) is -1.24. The molecule has 25 heavy (non-hydrogen) atoms. The average molecular weight is 351 g/mol. The summed E-state index contributed by atoms with van der Waals surface area (Å²) in [4.78, 5) is 12.7. The van der Waals surface area contributed by atoms with Crippen LogP contribution < -0.4 is 5.32 Å². The molecule has 1 aliphatic carbocycles. The van der Waals surface area contributed by atoms with Crippen LogP contribution in [0.4, 0.5) is 5.82 Å². The minimum absolute atomic E-state index is 0.0860. The molecule has 1 aliphatic heterocycles. The van der Waals surface area contributed by atoms with Gasteiger partial charge >= 0.3 is 0 Å². The number of rotatable bonds is 4. The van der Waals surface area contributed by atoms with Gasteiger partial charge in [-0.2, -0.15) is 0 Å². The topological polar surface area (TPSA) is 146 Å². The van der Waals surface area contributed by atoms with Crippen molar-refractivity contribution in [3.63, 3.8) is 0 Å². The highest BCUT2D eigenvalue weighted by atomic mass is 16.6. The number of fused-ring (bicyclic) bond motifs is 1. The summed E-state index contributed by atoms with van der Waals surface area (Å²) in [5.74, 6) is 0.501. The molecule has 2 aliphatic rings. The summed E-state index contributed by atoms with van der Waals surface area (Å²) in [5.41, 5.74) is 0.916. The molecule has 2 fully saturated rings. The lowest BCUT2D eigenvalue weighted by Crippen LogP contribution is -2.33. The Kier molecular flexibility index (Phi) is 4.29.